The molecule has 0 heterocycles. The third-order valence-corrected chi connectivity index (χ3v) is 2.93. The molecular formula is C13H17F2NO. The van der Waals surface area contributed by atoms with Crippen molar-refractivity contribution in [3.05, 3.63) is 35.4 Å². The molecule has 1 rings (SSSR count). The van der Waals surface area contributed by atoms with E-state index in [1.807, 2.05) is 13.8 Å². The van der Waals surface area contributed by atoms with Crippen molar-refractivity contribution < 1.29 is 13.6 Å². The van der Waals surface area contributed by atoms with Gasteiger partial charge in [-0.05, 0) is 23.6 Å². The van der Waals surface area contributed by atoms with Crippen LogP contribution in [0.2, 0.25) is 0 Å². The lowest BCUT2D eigenvalue weighted by molar-refractivity contribution is -0.120. The molecule has 0 saturated heterocycles. The smallest absolute Gasteiger partial charge is 0.154 e. The van der Waals surface area contributed by atoms with E-state index in [2.05, 4.69) is 0 Å². The molecule has 0 amide bonds. The average molecular weight is 241 g/mol. The van der Waals surface area contributed by atoms with Crippen LogP contribution in [0.1, 0.15) is 25.8 Å². The normalized spacial score (nSPS) is 14.4. The highest BCUT2D eigenvalue weighted by Gasteiger charge is 2.19. The van der Waals surface area contributed by atoms with E-state index in [0.29, 0.717) is 5.56 Å². The lowest BCUT2D eigenvalue weighted by atomic mass is 9.93. The summed E-state index contributed by atoms with van der Waals surface area (Å²) in [4.78, 5) is 11.8. The quantitative estimate of drug-likeness (QED) is 0.860. The topological polar surface area (TPSA) is 43.1 Å². The number of rotatable bonds is 5. The molecule has 0 aliphatic carbocycles. The van der Waals surface area contributed by atoms with Gasteiger partial charge in [-0.15, -0.1) is 0 Å². The Labute approximate surface area is 99.8 Å². The SMILES string of the molecule is CCC(C)C(N)C(=O)Cc1cc(F)cc(F)c1. The van der Waals surface area contributed by atoms with Gasteiger partial charge >= 0.3 is 0 Å². The standard InChI is InChI=1S/C13H17F2NO/c1-3-8(2)13(16)12(17)6-9-4-10(14)7-11(15)5-9/h4-5,7-8,13H,3,6,16H2,1-2H3. The minimum absolute atomic E-state index is 0.0276. The van der Waals surface area contributed by atoms with Gasteiger partial charge < -0.3 is 5.73 Å². The van der Waals surface area contributed by atoms with Crippen LogP contribution in [0.25, 0.3) is 0 Å². The molecule has 2 unspecified atom stereocenters. The maximum Gasteiger partial charge on any atom is 0.154 e. The first-order valence-electron chi connectivity index (χ1n) is 5.67. The number of nitrogens with two attached hydrogens (primary N) is 1. The summed E-state index contributed by atoms with van der Waals surface area (Å²) in [6, 6.07) is 2.52. The summed E-state index contributed by atoms with van der Waals surface area (Å²) in [5, 5.41) is 0. The van der Waals surface area contributed by atoms with Crippen LogP contribution in [0, 0.1) is 17.6 Å². The van der Waals surface area contributed by atoms with E-state index < -0.39 is 17.7 Å². The van der Waals surface area contributed by atoms with Gasteiger partial charge in [-0.3, -0.25) is 4.79 Å². The highest BCUT2D eigenvalue weighted by atomic mass is 19.1. The maximum absolute atomic E-state index is 12.9. The van der Waals surface area contributed by atoms with Gasteiger partial charge in [-0.2, -0.15) is 0 Å². The Hall–Kier alpha value is -1.29. The third kappa shape index (κ3) is 3.89. The van der Waals surface area contributed by atoms with Crippen LogP contribution in [0.15, 0.2) is 18.2 Å². The number of carbonyl (C=O) groups excluding carboxylic acids is 1. The van der Waals surface area contributed by atoms with Gasteiger partial charge in [0.25, 0.3) is 0 Å². The monoisotopic (exact) mass is 241 g/mol. The van der Waals surface area contributed by atoms with E-state index in [0.717, 1.165) is 24.6 Å². The van der Waals surface area contributed by atoms with Gasteiger partial charge in [-0.1, -0.05) is 20.3 Å². The fourth-order valence-corrected chi connectivity index (χ4v) is 1.60. The number of benzene rings is 1. The fourth-order valence-electron chi connectivity index (χ4n) is 1.60. The Morgan fingerprint density at radius 3 is 2.29 bits per heavy atom. The molecule has 1 aromatic carbocycles. The average Bonchev–Trinajstić information content (AvgIpc) is 2.25. The van der Waals surface area contributed by atoms with Gasteiger partial charge in [0.1, 0.15) is 11.6 Å². The Morgan fingerprint density at radius 1 is 1.29 bits per heavy atom. The van der Waals surface area contributed by atoms with E-state index in [1.54, 1.807) is 0 Å². The highest BCUT2D eigenvalue weighted by molar-refractivity contribution is 5.86. The second kappa shape index (κ2) is 5.87. The van der Waals surface area contributed by atoms with Crippen LogP contribution >= 0.6 is 0 Å². The Morgan fingerprint density at radius 2 is 1.82 bits per heavy atom. The number of hydrogen-bond donors (Lipinski definition) is 1. The van der Waals surface area contributed by atoms with E-state index in [9.17, 15) is 13.6 Å². The van der Waals surface area contributed by atoms with Crippen LogP contribution in [-0.2, 0) is 11.2 Å². The minimum Gasteiger partial charge on any atom is -0.321 e. The molecule has 0 fully saturated rings. The zero-order chi connectivity index (χ0) is 13.0. The van der Waals surface area contributed by atoms with Crippen molar-refractivity contribution >= 4 is 5.78 Å². The number of carbonyl (C=O) groups is 1. The number of hydrogen-bond acceptors (Lipinski definition) is 2. The van der Waals surface area contributed by atoms with E-state index in [-0.39, 0.29) is 18.1 Å². The zero-order valence-electron chi connectivity index (χ0n) is 10.0. The first-order chi connectivity index (χ1) is 7.93. The Bertz CT molecular complexity index is 386. The van der Waals surface area contributed by atoms with E-state index in [1.165, 1.54) is 0 Å². The van der Waals surface area contributed by atoms with Gasteiger partial charge in [0, 0.05) is 12.5 Å². The molecule has 2 nitrogen and oxygen atoms in total. The first-order valence-corrected chi connectivity index (χ1v) is 5.67. The third-order valence-electron chi connectivity index (χ3n) is 2.93. The van der Waals surface area contributed by atoms with Crippen molar-refractivity contribution in [1.29, 1.82) is 0 Å². The number of halogens is 2. The van der Waals surface area contributed by atoms with E-state index >= 15 is 0 Å². The molecule has 0 saturated carbocycles. The summed E-state index contributed by atoms with van der Waals surface area (Å²) in [5.74, 6) is -1.47. The first kappa shape index (κ1) is 13.8. The number of ketones is 1. The molecule has 0 aliphatic rings. The molecule has 0 spiro atoms. The van der Waals surface area contributed by atoms with Crippen molar-refractivity contribution in [2.75, 3.05) is 0 Å². The summed E-state index contributed by atoms with van der Waals surface area (Å²) in [6.45, 7) is 3.83. The predicted octanol–water partition coefficient (Wildman–Crippen LogP) is 2.45. The molecule has 1 aromatic rings. The summed E-state index contributed by atoms with van der Waals surface area (Å²) >= 11 is 0. The predicted molar refractivity (Wildman–Crippen MR) is 62.5 cm³/mol. The van der Waals surface area contributed by atoms with Crippen molar-refractivity contribution in [3.63, 3.8) is 0 Å². The molecule has 0 bridgehead atoms. The summed E-state index contributed by atoms with van der Waals surface area (Å²) < 4.78 is 25.8. The lowest BCUT2D eigenvalue weighted by Gasteiger charge is -2.16. The molecular weight excluding hydrogens is 224 g/mol. The zero-order valence-corrected chi connectivity index (χ0v) is 10.0. The molecule has 0 radical (unpaired) electrons. The molecule has 4 heteroatoms. The van der Waals surface area contributed by atoms with Crippen molar-refractivity contribution in [2.24, 2.45) is 11.7 Å². The van der Waals surface area contributed by atoms with Crippen LogP contribution in [-0.4, -0.2) is 11.8 Å². The van der Waals surface area contributed by atoms with Gasteiger partial charge in [0.2, 0.25) is 0 Å². The molecule has 94 valence electrons. The second-order valence-corrected chi connectivity index (χ2v) is 4.33. The summed E-state index contributed by atoms with van der Waals surface area (Å²) in [6.07, 6.45) is 0.768. The fraction of sp³-hybridized carbons (Fsp3) is 0.462. The van der Waals surface area contributed by atoms with Crippen molar-refractivity contribution in [3.8, 4) is 0 Å². The van der Waals surface area contributed by atoms with Gasteiger partial charge in [0.15, 0.2) is 5.78 Å². The van der Waals surface area contributed by atoms with Gasteiger partial charge in [-0.25, -0.2) is 8.78 Å². The molecule has 2 N–H and O–H groups in total. The highest BCUT2D eigenvalue weighted by Crippen LogP contribution is 2.12. The van der Waals surface area contributed by atoms with Crippen molar-refractivity contribution in [2.45, 2.75) is 32.7 Å². The Balaban J connectivity index is 2.74. The molecule has 0 aliphatic heterocycles. The largest absolute Gasteiger partial charge is 0.321 e. The van der Waals surface area contributed by atoms with Gasteiger partial charge in [0.05, 0.1) is 6.04 Å². The maximum atomic E-state index is 12.9. The molecule has 2 atom stereocenters. The minimum atomic E-state index is -0.676. The number of Topliss-reactive ketones (excluding diaryl/α,β-unsaturated/α-hetero) is 1. The van der Waals surface area contributed by atoms with Crippen LogP contribution in [0.5, 0.6) is 0 Å². The van der Waals surface area contributed by atoms with Crippen LogP contribution in [0.3, 0.4) is 0 Å². The second-order valence-electron chi connectivity index (χ2n) is 4.33. The molecule has 17 heavy (non-hydrogen) atoms. The summed E-state index contributed by atoms with van der Waals surface area (Å²) in [5.41, 5.74) is 6.08. The summed E-state index contributed by atoms with van der Waals surface area (Å²) in [7, 11) is 0. The van der Waals surface area contributed by atoms with Crippen LogP contribution < -0.4 is 5.73 Å². The van der Waals surface area contributed by atoms with Crippen molar-refractivity contribution in [1.82, 2.24) is 0 Å². The molecule has 0 aromatic heterocycles. The lowest BCUT2D eigenvalue weighted by Crippen LogP contribution is -2.37. The Kier molecular flexibility index (Phi) is 4.75. The van der Waals surface area contributed by atoms with E-state index in [4.69, 9.17) is 5.73 Å². The van der Waals surface area contributed by atoms with Crippen LogP contribution in [0.4, 0.5) is 8.78 Å².